The van der Waals surface area contributed by atoms with Crippen molar-refractivity contribution >= 4 is 34.2 Å². The van der Waals surface area contributed by atoms with Gasteiger partial charge >= 0.3 is 0 Å². The Bertz CT molecular complexity index is 647. The van der Waals surface area contributed by atoms with Crippen LogP contribution in [0.2, 0.25) is 5.02 Å². The molecule has 2 atom stereocenters. The van der Waals surface area contributed by atoms with Crippen LogP contribution >= 0.6 is 23.2 Å². The summed E-state index contributed by atoms with van der Waals surface area (Å²) in [5.74, 6) is 1.17. The number of benzene rings is 1. The Morgan fingerprint density at radius 1 is 1.40 bits per heavy atom. The quantitative estimate of drug-likeness (QED) is 0.682. The van der Waals surface area contributed by atoms with Crippen molar-refractivity contribution in [3.05, 3.63) is 28.8 Å². The zero-order valence-corrected chi connectivity index (χ0v) is 13.0. The summed E-state index contributed by atoms with van der Waals surface area (Å²) in [5.41, 5.74) is 1.49. The lowest BCUT2D eigenvalue weighted by molar-refractivity contribution is 0.471. The van der Waals surface area contributed by atoms with Gasteiger partial charge in [0.05, 0.1) is 21.4 Å². The number of fused-ring (bicyclic) bond motifs is 1. The van der Waals surface area contributed by atoms with E-state index in [9.17, 15) is 4.39 Å². The van der Waals surface area contributed by atoms with E-state index < -0.39 is 5.82 Å². The number of hydrogen-bond acceptors (Lipinski definition) is 1. The molecule has 0 bridgehead atoms. The topological polar surface area (TPSA) is 17.8 Å². The molecule has 1 fully saturated rings. The van der Waals surface area contributed by atoms with Crippen molar-refractivity contribution < 1.29 is 4.39 Å². The zero-order valence-electron chi connectivity index (χ0n) is 11.5. The van der Waals surface area contributed by atoms with Gasteiger partial charge in [0.1, 0.15) is 11.6 Å². The van der Waals surface area contributed by atoms with Crippen LogP contribution in [0.4, 0.5) is 4.39 Å². The van der Waals surface area contributed by atoms with Crippen LogP contribution in [0, 0.1) is 11.7 Å². The molecule has 108 valence electrons. The van der Waals surface area contributed by atoms with Crippen LogP contribution in [0.1, 0.15) is 50.4 Å². The lowest BCUT2D eigenvalue weighted by atomic mass is 10.1. The van der Waals surface area contributed by atoms with Crippen LogP contribution in [0.3, 0.4) is 0 Å². The van der Waals surface area contributed by atoms with Crippen molar-refractivity contribution in [1.29, 1.82) is 0 Å². The Labute approximate surface area is 127 Å². The predicted octanol–water partition coefficient (Wildman–Crippen LogP) is 5.49. The molecule has 0 saturated heterocycles. The van der Waals surface area contributed by atoms with Crippen LogP contribution < -0.4 is 0 Å². The molecule has 3 rings (SSSR count). The van der Waals surface area contributed by atoms with E-state index >= 15 is 0 Å². The maximum Gasteiger partial charge on any atom is 0.144 e. The summed E-state index contributed by atoms with van der Waals surface area (Å²) in [4.78, 5) is 4.54. The number of hydrogen-bond donors (Lipinski definition) is 0. The van der Waals surface area contributed by atoms with E-state index in [1.165, 1.54) is 18.9 Å². The summed E-state index contributed by atoms with van der Waals surface area (Å²) < 4.78 is 15.8. The fourth-order valence-electron chi connectivity index (χ4n) is 2.79. The van der Waals surface area contributed by atoms with E-state index in [-0.39, 0.29) is 16.4 Å². The second-order valence-electron chi connectivity index (χ2n) is 5.74. The van der Waals surface area contributed by atoms with Crippen LogP contribution in [-0.2, 0) is 0 Å². The van der Waals surface area contributed by atoms with Crippen LogP contribution in [0.15, 0.2) is 12.1 Å². The molecule has 1 aliphatic carbocycles. The fourth-order valence-corrected chi connectivity index (χ4v) is 3.11. The molecule has 1 saturated carbocycles. The van der Waals surface area contributed by atoms with E-state index in [0.29, 0.717) is 5.52 Å². The van der Waals surface area contributed by atoms with Crippen molar-refractivity contribution in [2.75, 3.05) is 0 Å². The van der Waals surface area contributed by atoms with Gasteiger partial charge in [0.25, 0.3) is 0 Å². The van der Waals surface area contributed by atoms with Crippen molar-refractivity contribution in [2.45, 2.75) is 44.5 Å². The maximum absolute atomic E-state index is 13.8. The molecule has 0 spiro atoms. The zero-order chi connectivity index (χ0) is 14.4. The second kappa shape index (κ2) is 5.19. The van der Waals surface area contributed by atoms with Gasteiger partial charge in [0, 0.05) is 12.1 Å². The molecule has 0 aliphatic heterocycles. The molecule has 1 aromatic carbocycles. The summed E-state index contributed by atoms with van der Waals surface area (Å²) in [6, 6.07) is 3.32. The Morgan fingerprint density at radius 3 is 2.70 bits per heavy atom. The molecule has 20 heavy (non-hydrogen) atoms. The smallest absolute Gasteiger partial charge is 0.144 e. The van der Waals surface area contributed by atoms with Crippen molar-refractivity contribution in [2.24, 2.45) is 5.92 Å². The van der Waals surface area contributed by atoms with Gasteiger partial charge in [0.15, 0.2) is 0 Å². The normalized spacial score (nSPS) is 18.4. The molecule has 2 nitrogen and oxygen atoms in total. The first-order chi connectivity index (χ1) is 9.47. The fraction of sp³-hybridized carbons (Fsp3) is 0.533. The molecule has 0 radical (unpaired) electrons. The molecule has 0 N–H and O–H groups in total. The first-order valence-corrected chi connectivity index (χ1v) is 7.79. The van der Waals surface area contributed by atoms with E-state index in [1.54, 1.807) is 6.07 Å². The van der Waals surface area contributed by atoms with Gasteiger partial charge in [-0.25, -0.2) is 9.37 Å². The Balaban J connectivity index is 2.14. The molecule has 1 aliphatic rings. The minimum Gasteiger partial charge on any atom is -0.324 e. The standard InChI is InChI=1S/C15H17Cl2FN2/c1-8(5-10-3-4-10)20-14-7-12(18)11(17)6-13(14)19-15(20)9(2)16/h6-10H,3-5H2,1-2H3. The van der Waals surface area contributed by atoms with E-state index in [0.717, 1.165) is 23.7 Å². The molecular formula is C15H17Cl2FN2. The number of imidazole rings is 1. The van der Waals surface area contributed by atoms with Crippen LogP contribution in [-0.4, -0.2) is 9.55 Å². The summed E-state index contributed by atoms with van der Waals surface area (Å²) in [5, 5.41) is -0.114. The highest BCUT2D eigenvalue weighted by atomic mass is 35.5. The van der Waals surface area contributed by atoms with Gasteiger partial charge in [-0.3, -0.25) is 0 Å². The summed E-state index contributed by atoms with van der Waals surface area (Å²) in [6.07, 6.45) is 3.68. The molecular weight excluding hydrogens is 298 g/mol. The van der Waals surface area contributed by atoms with Gasteiger partial charge < -0.3 is 4.57 Å². The Morgan fingerprint density at radius 2 is 2.10 bits per heavy atom. The SMILES string of the molecule is CC(Cl)c1nc2cc(Cl)c(F)cc2n1C(C)CC1CC1. The number of aromatic nitrogens is 2. The first kappa shape index (κ1) is 14.2. The average Bonchev–Trinajstić information content (AvgIpc) is 3.10. The first-order valence-electron chi connectivity index (χ1n) is 6.98. The van der Waals surface area contributed by atoms with Gasteiger partial charge in [-0.05, 0) is 32.3 Å². The van der Waals surface area contributed by atoms with E-state index in [1.807, 2.05) is 6.92 Å². The summed E-state index contributed by atoms with van der Waals surface area (Å²) in [6.45, 7) is 4.04. The molecule has 0 amide bonds. The van der Waals surface area contributed by atoms with Gasteiger partial charge in [0.2, 0.25) is 0 Å². The van der Waals surface area contributed by atoms with Crippen LogP contribution in [0.5, 0.6) is 0 Å². The lowest BCUT2D eigenvalue weighted by Gasteiger charge is -2.18. The molecule has 1 aromatic heterocycles. The Hall–Kier alpha value is -0.800. The Kier molecular flexibility index (Phi) is 3.67. The summed E-state index contributed by atoms with van der Waals surface area (Å²) >= 11 is 12.1. The predicted molar refractivity (Wildman–Crippen MR) is 81.0 cm³/mol. The van der Waals surface area contributed by atoms with Gasteiger partial charge in [-0.2, -0.15) is 0 Å². The van der Waals surface area contributed by atoms with Gasteiger partial charge in [-0.1, -0.05) is 24.4 Å². The largest absolute Gasteiger partial charge is 0.324 e. The van der Waals surface area contributed by atoms with Crippen LogP contribution in [0.25, 0.3) is 11.0 Å². The third-order valence-corrected chi connectivity index (χ3v) is 4.41. The minimum absolute atomic E-state index is 0.103. The van der Waals surface area contributed by atoms with Crippen molar-refractivity contribution in [3.8, 4) is 0 Å². The lowest BCUT2D eigenvalue weighted by Crippen LogP contribution is -2.10. The highest BCUT2D eigenvalue weighted by molar-refractivity contribution is 6.31. The van der Waals surface area contributed by atoms with E-state index in [4.69, 9.17) is 23.2 Å². The molecule has 1 heterocycles. The number of alkyl halides is 1. The van der Waals surface area contributed by atoms with Gasteiger partial charge in [-0.15, -0.1) is 11.6 Å². The maximum atomic E-state index is 13.8. The monoisotopic (exact) mass is 314 g/mol. The third kappa shape index (κ3) is 2.53. The minimum atomic E-state index is -0.410. The summed E-state index contributed by atoms with van der Waals surface area (Å²) in [7, 11) is 0. The molecule has 5 heteroatoms. The average molecular weight is 315 g/mol. The highest BCUT2D eigenvalue weighted by Crippen LogP contribution is 2.39. The van der Waals surface area contributed by atoms with Crippen molar-refractivity contribution in [1.82, 2.24) is 9.55 Å². The van der Waals surface area contributed by atoms with E-state index in [2.05, 4.69) is 16.5 Å². The number of nitrogens with zero attached hydrogens (tertiary/aromatic N) is 2. The van der Waals surface area contributed by atoms with Crippen molar-refractivity contribution in [3.63, 3.8) is 0 Å². The number of halogens is 3. The number of rotatable bonds is 4. The third-order valence-electron chi connectivity index (χ3n) is 3.93. The second-order valence-corrected chi connectivity index (χ2v) is 6.80. The molecule has 2 unspecified atom stereocenters. The molecule has 2 aromatic rings. The highest BCUT2D eigenvalue weighted by Gasteiger charge is 2.27.